The van der Waals surface area contributed by atoms with Crippen LogP contribution < -0.4 is 14.8 Å². The number of ether oxygens (including phenoxy) is 2. The summed E-state index contributed by atoms with van der Waals surface area (Å²) in [6.07, 6.45) is 0.862. The van der Waals surface area contributed by atoms with E-state index in [0.717, 1.165) is 28.1 Å². The Kier molecular flexibility index (Phi) is 4.21. The molecule has 0 spiro atoms. The molecule has 32 heavy (non-hydrogen) atoms. The summed E-state index contributed by atoms with van der Waals surface area (Å²) in [4.78, 5) is 4.41. The van der Waals surface area contributed by atoms with E-state index in [2.05, 4.69) is 15.4 Å². The van der Waals surface area contributed by atoms with Gasteiger partial charge < -0.3 is 14.8 Å². The average molecular weight is 426 g/mol. The Morgan fingerprint density at radius 2 is 1.88 bits per heavy atom. The molecule has 0 amide bonds. The van der Waals surface area contributed by atoms with Crippen molar-refractivity contribution in [3.8, 4) is 11.5 Å². The minimum atomic E-state index is -0.651. The molecule has 0 fully saturated rings. The van der Waals surface area contributed by atoms with Gasteiger partial charge >= 0.3 is 0 Å². The van der Waals surface area contributed by atoms with Crippen LogP contribution in [0.25, 0.3) is 5.70 Å². The SMILES string of the molecule is COc1cccc(C2C3=C(Nc4ncnn42)c2ccccc2OC3c2ccccc2F)c1. The van der Waals surface area contributed by atoms with Gasteiger partial charge in [-0.05, 0) is 35.9 Å². The van der Waals surface area contributed by atoms with Crippen LogP contribution in [0, 0.1) is 5.82 Å². The zero-order valence-corrected chi connectivity index (χ0v) is 17.2. The Balaban J connectivity index is 1.64. The maximum atomic E-state index is 15.0. The van der Waals surface area contributed by atoms with Crippen LogP contribution in [0.1, 0.15) is 28.8 Å². The Hall–Kier alpha value is -4.13. The highest BCUT2D eigenvalue weighted by Crippen LogP contribution is 2.51. The highest BCUT2D eigenvalue weighted by Gasteiger charge is 2.41. The molecule has 0 bridgehead atoms. The molecule has 4 aromatic rings. The lowest BCUT2D eigenvalue weighted by Gasteiger charge is -2.39. The number of nitrogens with one attached hydrogen (secondary N) is 1. The standard InChI is InChI=1S/C25H19FN4O2/c1-31-16-8-6-7-15(13-16)23-21-22(29-25-27-14-28-30(23)25)18-10-3-5-12-20(18)32-24(21)17-9-2-4-11-19(17)26/h2-14,23-24H,1H3,(H,27,28,29). The van der Waals surface area contributed by atoms with Gasteiger partial charge in [-0.1, -0.05) is 42.5 Å². The van der Waals surface area contributed by atoms with Gasteiger partial charge in [-0.2, -0.15) is 10.1 Å². The lowest BCUT2D eigenvalue weighted by atomic mass is 9.84. The van der Waals surface area contributed by atoms with Gasteiger partial charge in [0.15, 0.2) is 6.10 Å². The van der Waals surface area contributed by atoms with Gasteiger partial charge in [-0.3, -0.25) is 0 Å². The topological polar surface area (TPSA) is 61.2 Å². The normalized spacial score (nSPS) is 18.7. The summed E-state index contributed by atoms with van der Waals surface area (Å²) in [6.45, 7) is 0. The molecular weight excluding hydrogens is 407 g/mol. The number of anilines is 1. The third kappa shape index (κ3) is 2.78. The second-order valence-corrected chi connectivity index (χ2v) is 7.68. The summed E-state index contributed by atoms with van der Waals surface area (Å²) in [5, 5.41) is 7.90. The van der Waals surface area contributed by atoms with E-state index in [4.69, 9.17) is 9.47 Å². The number of hydrogen-bond donors (Lipinski definition) is 1. The molecule has 6 rings (SSSR count). The number of hydrogen-bond acceptors (Lipinski definition) is 5. The third-order valence-electron chi connectivity index (χ3n) is 5.92. The zero-order valence-electron chi connectivity index (χ0n) is 17.2. The molecule has 0 saturated heterocycles. The van der Waals surface area contributed by atoms with Gasteiger partial charge in [-0.15, -0.1) is 0 Å². The molecule has 2 atom stereocenters. The van der Waals surface area contributed by atoms with Gasteiger partial charge in [0, 0.05) is 16.7 Å². The van der Waals surface area contributed by atoms with Gasteiger partial charge in [0.05, 0.1) is 12.8 Å². The molecule has 1 aromatic heterocycles. The van der Waals surface area contributed by atoms with Crippen LogP contribution >= 0.6 is 0 Å². The van der Waals surface area contributed by atoms with E-state index in [0.29, 0.717) is 17.3 Å². The maximum Gasteiger partial charge on any atom is 0.226 e. The van der Waals surface area contributed by atoms with E-state index >= 15 is 4.39 Å². The van der Waals surface area contributed by atoms with Crippen molar-refractivity contribution < 1.29 is 13.9 Å². The van der Waals surface area contributed by atoms with Crippen LogP contribution in [-0.4, -0.2) is 21.9 Å². The van der Waals surface area contributed by atoms with Crippen LogP contribution in [0.2, 0.25) is 0 Å². The number of para-hydroxylation sites is 1. The smallest absolute Gasteiger partial charge is 0.226 e. The van der Waals surface area contributed by atoms with E-state index in [1.54, 1.807) is 23.9 Å². The van der Waals surface area contributed by atoms with Gasteiger partial charge in [-0.25, -0.2) is 9.07 Å². The van der Waals surface area contributed by atoms with Gasteiger partial charge in [0.2, 0.25) is 5.95 Å². The first-order chi connectivity index (χ1) is 15.7. The number of methoxy groups -OCH3 is 1. The summed E-state index contributed by atoms with van der Waals surface area (Å²) in [6, 6.07) is 21.9. The summed E-state index contributed by atoms with van der Waals surface area (Å²) < 4.78 is 28.7. The second-order valence-electron chi connectivity index (χ2n) is 7.68. The van der Waals surface area contributed by atoms with Crippen molar-refractivity contribution in [2.24, 2.45) is 0 Å². The zero-order chi connectivity index (χ0) is 21.7. The van der Waals surface area contributed by atoms with E-state index in [1.807, 2.05) is 54.6 Å². The predicted molar refractivity (Wildman–Crippen MR) is 118 cm³/mol. The monoisotopic (exact) mass is 426 g/mol. The van der Waals surface area contributed by atoms with Crippen LogP contribution in [0.4, 0.5) is 10.3 Å². The molecule has 0 saturated carbocycles. The number of halogens is 1. The second kappa shape index (κ2) is 7.23. The molecule has 1 N–H and O–H groups in total. The van der Waals surface area contributed by atoms with Crippen molar-refractivity contribution in [2.45, 2.75) is 12.1 Å². The fourth-order valence-electron chi connectivity index (χ4n) is 4.50. The van der Waals surface area contributed by atoms with Crippen LogP contribution in [0.15, 0.2) is 84.7 Å². The molecular formula is C25H19FN4O2. The Bertz CT molecular complexity index is 1360. The largest absolute Gasteiger partial charge is 0.497 e. The molecule has 2 unspecified atom stereocenters. The molecule has 0 aliphatic carbocycles. The fourth-order valence-corrected chi connectivity index (χ4v) is 4.50. The first kappa shape index (κ1) is 18.6. The minimum absolute atomic E-state index is 0.322. The maximum absolute atomic E-state index is 15.0. The van der Waals surface area contributed by atoms with Crippen molar-refractivity contribution in [1.29, 1.82) is 0 Å². The molecule has 2 aliphatic heterocycles. The molecule has 0 radical (unpaired) electrons. The number of aromatic nitrogens is 3. The lowest BCUT2D eigenvalue weighted by molar-refractivity contribution is 0.218. The van der Waals surface area contributed by atoms with E-state index in [9.17, 15) is 0 Å². The predicted octanol–water partition coefficient (Wildman–Crippen LogP) is 4.99. The summed E-state index contributed by atoms with van der Waals surface area (Å²) in [5.41, 5.74) is 4.02. The molecule has 7 heteroatoms. The summed E-state index contributed by atoms with van der Waals surface area (Å²) >= 11 is 0. The van der Waals surface area contributed by atoms with Crippen LogP contribution in [0.5, 0.6) is 11.5 Å². The molecule has 6 nitrogen and oxygen atoms in total. The first-order valence-electron chi connectivity index (χ1n) is 10.3. The van der Waals surface area contributed by atoms with E-state index < -0.39 is 6.10 Å². The highest BCUT2D eigenvalue weighted by molar-refractivity contribution is 5.85. The van der Waals surface area contributed by atoms with Crippen molar-refractivity contribution >= 4 is 11.6 Å². The van der Waals surface area contributed by atoms with E-state index in [-0.39, 0.29) is 11.9 Å². The van der Waals surface area contributed by atoms with Gasteiger partial charge in [0.1, 0.15) is 29.7 Å². The third-order valence-corrected chi connectivity index (χ3v) is 5.92. The van der Waals surface area contributed by atoms with Crippen molar-refractivity contribution in [1.82, 2.24) is 14.8 Å². The Labute approximate surface area is 183 Å². The number of fused-ring (bicyclic) bond motifs is 3. The molecule has 158 valence electrons. The number of rotatable bonds is 3. The number of nitrogens with zero attached hydrogens (tertiary/aromatic N) is 3. The molecule has 3 heterocycles. The highest BCUT2D eigenvalue weighted by atomic mass is 19.1. The average Bonchev–Trinajstić information content (AvgIpc) is 3.31. The van der Waals surface area contributed by atoms with Gasteiger partial charge in [0.25, 0.3) is 0 Å². The van der Waals surface area contributed by atoms with Crippen LogP contribution in [0.3, 0.4) is 0 Å². The molecule has 3 aromatic carbocycles. The first-order valence-corrected chi connectivity index (χ1v) is 10.3. The Morgan fingerprint density at radius 1 is 1.03 bits per heavy atom. The quantitative estimate of drug-likeness (QED) is 0.500. The fraction of sp³-hybridized carbons (Fsp3) is 0.120. The lowest BCUT2D eigenvalue weighted by Crippen LogP contribution is -2.32. The Morgan fingerprint density at radius 3 is 2.75 bits per heavy atom. The summed E-state index contributed by atoms with van der Waals surface area (Å²) in [5.74, 6) is 1.70. The minimum Gasteiger partial charge on any atom is -0.497 e. The van der Waals surface area contributed by atoms with Crippen LogP contribution in [-0.2, 0) is 0 Å². The van der Waals surface area contributed by atoms with Crippen molar-refractivity contribution in [2.75, 3.05) is 12.4 Å². The summed E-state index contributed by atoms with van der Waals surface area (Å²) in [7, 11) is 1.63. The molecule has 2 aliphatic rings. The van der Waals surface area contributed by atoms with Crippen molar-refractivity contribution in [3.05, 3.63) is 107 Å². The number of benzene rings is 3. The van der Waals surface area contributed by atoms with E-state index in [1.165, 1.54) is 12.4 Å². The van der Waals surface area contributed by atoms with Crippen molar-refractivity contribution in [3.63, 3.8) is 0 Å².